The van der Waals surface area contributed by atoms with Crippen molar-refractivity contribution >= 4 is 22.6 Å². The fourth-order valence-corrected chi connectivity index (χ4v) is 1.22. The summed E-state index contributed by atoms with van der Waals surface area (Å²) in [5.41, 5.74) is 0. The molecule has 0 saturated heterocycles. The van der Waals surface area contributed by atoms with Crippen LogP contribution in [0.1, 0.15) is 6.92 Å². The molecule has 0 aromatic heterocycles. The molecule has 0 N–H and O–H groups in total. The Bertz CT molecular complexity index is 368. The van der Waals surface area contributed by atoms with Crippen LogP contribution >= 0.6 is 22.6 Å². The van der Waals surface area contributed by atoms with Crippen molar-refractivity contribution in [1.29, 1.82) is 0 Å². The van der Waals surface area contributed by atoms with Gasteiger partial charge in [0.15, 0.2) is 18.3 Å². The van der Waals surface area contributed by atoms with Gasteiger partial charge in [-0.2, -0.15) is 0 Å². The van der Waals surface area contributed by atoms with Crippen molar-refractivity contribution in [3.8, 4) is 21.3 Å². The van der Waals surface area contributed by atoms with Gasteiger partial charge in [-0.25, -0.2) is 0 Å². The summed E-state index contributed by atoms with van der Waals surface area (Å²) in [7, 11) is 0. The van der Waals surface area contributed by atoms with Crippen molar-refractivity contribution in [2.24, 2.45) is 0 Å². The highest BCUT2D eigenvalue weighted by Gasteiger charge is 2.02. The number of rotatable bonds is 6. The Labute approximate surface area is 109 Å². The SMILES string of the molecule is CCOc1ccccc1OCOCC#CI. The lowest BCUT2D eigenvalue weighted by Gasteiger charge is -2.10. The first-order valence-corrected chi connectivity index (χ1v) is 5.97. The minimum Gasteiger partial charge on any atom is -0.490 e. The highest BCUT2D eigenvalue weighted by molar-refractivity contribution is 14.1. The summed E-state index contributed by atoms with van der Waals surface area (Å²) in [4.78, 5) is 0. The molecule has 4 heteroatoms. The summed E-state index contributed by atoms with van der Waals surface area (Å²) >= 11 is 1.97. The van der Waals surface area contributed by atoms with Gasteiger partial charge in [-0.1, -0.05) is 18.1 Å². The predicted octanol–water partition coefficient (Wildman–Crippen LogP) is 2.83. The predicted molar refractivity (Wildman–Crippen MR) is 70.9 cm³/mol. The maximum atomic E-state index is 5.42. The number of para-hydroxylation sites is 2. The Hall–Kier alpha value is -0.930. The van der Waals surface area contributed by atoms with Crippen LogP contribution in [-0.4, -0.2) is 20.0 Å². The van der Waals surface area contributed by atoms with Gasteiger partial charge >= 0.3 is 0 Å². The second kappa shape index (κ2) is 8.25. The molecule has 0 bridgehead atoms. The molecule has 0 aliphatic carbocycles. The second-order valence-corrected chi connectivity index (χ2v) is 3.30. The summed E-state index contributed by atoms with van der Waals surface area (Å²) in [6.07, 6.45) is 0. The molecule has 3 nitrogen and oxygen atoms in total. The molecule has 0 saturated carbocycles. The lowest BCUT2D eigenvalue weighted by Crippen LogP contribution is -2.04. The van der Waals surface area contributed by atoms with Gasteiger partial charge in [0.25, 0.3) is 0 Å². The molecule has 0 aliphatic heterocycles. The van der Waals surface area contributed by atoms with Crippen LogP contribution in [0, 0.1) is 9.85 Å². The van der Waals surface area contributed by atoms with Crippen molar-refractivity contribution in [2.75, 3.05) is 20.0 Å². The average molecular weight is 332 g/mol. The molecule has 1 aromatic carbocycles. The summed E-state index contributed by atoms with van der Waals surface area (Å²) in [5, 5.41) is 0. The van der Waals surface area contributed by atoms with Crippen molar-refractivity contribution in [3.05, 3.63) is 24.3 Å². The van der Waals surface area contributed by atoms with E-state index in [1.165, 1.54) is 0 Å². The third kappa shape index (κ3) is 4.73. The lowest BCUT2D eigenvalue weighted by molar-refractivity contribution is 0.0313. The van der Waals surface area contributed by atoms with Crippen LogP contribution in [0.2, 0.25) is 0 Å². The molecule has 1 aromatic rings. The first-order chi connectivity index (χ1) is 7.88. The Morgan fingerprint density at radius 2 is 1.88 bits per heavy atom. The van der Waals surface area contributed by atoms with Crippen LogP contribution in [0.5, 0.6) is 11.5 Å². The van der Waals surface area contributed by atoms with E-state index in [4.69, 9.17) is 14.2 Å². The van der Waals surface area contributed by atoms with Crippen molar-refractivity contribution in [3.63, 3.8) is 0 Å². The maximum absolute atomic E-state index is 5.42. The smallest absolute Gasteiger partial charge is 0.190 e. The van der Waals surface area contributed by atoms with E-state index in [2.05, 4.69) is 9.85 Å². The van der Waals surface area contributed by atoms with Gasteiger partial charge in [-0.05, 0) is 23.0 Å². The van der Waals surface area contributed by atoms with Crippen molar-refractivity contribution in [1.82, 2.24) is 0 Å². The van der Waals surface area contributed by atoms with Gasteiger partial charge in [-0.3, -0.25) is 0 Å². The largest absolute Gasteiger partial charge is 0.490 e. The molecule has 0 fully saturated rings. The van der Waals surface area contributed by atoms with Crippen LogP contribution in [0.25, 0.3) is 0 Å². The highest BCUT2D eigenvalue weighted by atomic mass is 127. The molecule has 0 radical (unpaired) electrons. The Kier molecular flexibility index (Phi) is 6.77. The van der Waals surface area contributed by atoms with E-state index in [0.717, 1.165) is 5.75 Å². The molecular weight excluding hydrogens is 319 g/mol. The zero-order valence-electron chi connectivity index (χ0n) is 9.03. The molecule has 0 heterocycles. The lowest BCUT2D eigenvalue weighted by atomic mass is 10.3. The number of hydrogen-bond donors (Lipinski definition) is 0. The minimum atomic E-state index is 0.176. The van der Waals surface area contributed by atoms with E-state index in [1.807, 2.05) is 53.8 Å². The molecule has 16 heavy (non-hydrogen) atoms. The number of benzene rings is 1. The minimum absolute atomic E-state index is 0.176. The molecule has 0 atom stereocenters. The molecule has 1 rings (SSSR count). The van der Waals surface area contributed by atoms with Gasteiger partial charge in [0.05, 0.1) is 6.61 Å². The van der Waals surface area contributed by atoms with Crippen molar-refractivity contribution in [2.45, 2.75) is 6.92 Å². The quantitative estimate of drug-likeness (QED) is 0.347. The van der Waals surface area contributed by atoms with Gasteiger partial charge in [0.2, 0.25) is 0 Å². The van der Waals surface area contributed by atoms with Crippen LogP contribution in [0.3, 0.4) is 0 Å². The molecule has 0 amide bonds. The van der Waals surface area contributed by atoms with Gasteiger partial charge in [0, 0.05) is 22.6 Å². The summed E-state index contributed by atoms with van der Waals surface area (Å²) in [6, 6.07) is 7.50. The topological polar surface area (TPSA) is 27.7 Å². The number of hydrogen-bond acceptors (Lipinski definition) is 3. The molecule has 86 valence electrons. The fraction of sp³-hybridized carbons (Fsp3) is 0.333. The number of ether oxygens (including phenoxy) is 3. The van der Waals surface area contributed by atoms with E-state index in [9.17, 15) is 0 Å². The summed E-state index contributed by atoms with van der Waals surface area (Å²) in [6.45, 7) is 3.10. The zero-order valence-corrected chi connectivity index (χ0v) is 11.2. The van der Waals surface area contributed by atoms with E-state index in [1.54, 1.807) is 0 Å². The molecule has 0 aliphatic rings. The van der Waals surface area contributed by atoms with E-state index < -0.39 is 0 Å². The van der Waals surface area contributed by atoms with Crippen molar-refractivity contribution < 1.29 is 14.2 Å². The Morgan fingerprint density at radius 1 is 1.19 bits per heavy atom. The van der Waals surface area contributed by atoms with E-state index >= 15 is 0 Å². The summed E-state index contributed by atoms with van der Waals surface area (Å²) < 4.78 is 18.7. The normalized spacial score (nSPS) is 9.12. The standard InChI is InChI=1S/C12H13IO3/c1-2-15-11-6-3-4-7-12(11)16-10-14-9-5-8-13/h3-4,6-7H,2,9-10H2,1H3. The third-order valence-corrected chi connectivity index (χ3v) is 2.07. The van der Waals surface area contributed by atoms with E-state index in [-0.39, 0.29) is 6.79 Å². The van der Waals surface area contributed by atoms with Gasteiger partial charge < -0.3 is 14.2 Å². The third-order valence-electron chi connectivity index (χ3n) is 1.69. The van der Waals surface area contributed by atoms with Gasteiger partial charge in [-0.15, -0.1) is 0 Å². The highest BCUT2D eigenvalue weighted by Crippen LogP contribution is 2.26. The number of halogens is 1. The molecule has 0 spiro atoms. The Balaban J connectivity index is 2.42. The summed E-state index contributed by atoms with van der Waals surface area (Å²) in [5.74, 6) is 4.19. The second-order valence-electron chi connectivity index (χ2n) is 2.76. The first-order valence-electron chi connectivity index (χ1n) is 4.89. The first kappa shape index (κ1) is 13.1. The fourth-order valence-electron chi connectivity index (χ4n) is 1.07. The van der Waals surface area contributed by atoms with Crippen LogP contribution < -0.4 is 9.47 Å². The van der Waals surface area contributed by atoms with Crippen LogP contribution in [0.15, 0.2) is 24.3 Å². The van der Waals surface area contributed by atoms with Gasteiger partial charge in [0.1, 0.15) is 6.61 Å². The zero-order chi connectivity index (χ0) is 11.6. The maximum Gasteiger partial charge on any atom is 0.190 e. The van der Waals surface area contributed by atoms with Crippen LogP contribution in [-0.2, 0) is 4.74 Å². The van der Waals surface area contributed by atoms with Crippen LogP contribution in [0.4, 0.5) is 0 Å². The Morgan fingerprint density at radius 3 is 2.50 bits per heavy atom. The molecule has 0 unspecified atom stereocenters. The van der Waals surface area contributed by atoms with E-state index in [0.29, 0.717) is 19.0 Å². The average Bonchev–Trinajstić information content (AvgIpc) is 2.31. The molecular formula is C12H13IO3. The monoisotopic (exact) mass is 332 g/mol.